The minimum Gasteiger partial charge on any atom is -0.380 e. The van der Waals surface area contributed by atoms with E-state index in [-0.39, 0.29) is 5.56 Å². The molecule has 0 saturated carbocycles. The van der Waals surface area contributed by atoms with E-state index in [1.807, 2.05) is 31.3 Å². The zero-order chi connectivity index (χ0) is 13.0. The number of hydrogen-bond donors (Lipinski definition) is 1. The number of aryl methyl sites for hydroxylation is 2. The van der Waals surface area contributed by atoms with Crippen LogP contribution in [0.4, 0.5) is 5.69 Å². The lowest BCUT2D eigenvalue weighted by atomic mass is 10.1. The quantitative estimate of drug-likeness (QED) is 0.894. The van der Waals surface area contributed by atoms with E-state index in [2.05, 4.69) is 24.4 Å². The van der Waals surface area contributed by atoms with Crippen molar-refractivity contribution >= 4 is 5.69 Å². The zero-order valence-electron chi connectivity index (χ0n) is 10.8. The first-order valence-electron chi connectivity index (χ1n) is 6.19. The van der Waals surface area contributed by atoms with Crippen LogP contribution in [0.1, 0.15) is 18.1 Å². The first kappa shape index (κ1) is 12.4. The Labute approximate surface area is 107 Å². The first-order chi connectivity index (χ1) is 8.70. The van der Waals surface area contributed by atoms with Crippen LogP contribution in [0.3, 0.4) is 0 Å². The Morgan fingerprint density at radius 2 is 1.94 bits per heavy atom. The molecular weight excluding hydrogens is 224 g/mol. The van der Waals surface area contributed by atoms with Crippen LogP contribution in [0.2, 0.25) is 0 Å². The Kier molecular flexibility index (Phi) is 3.82. The number of anilines is 1. The maximum atomic E-state index is 11.5. The minimum atomic E-state index is 0.0407. The van der Waals surface area contributed by atoms with Crippen LogP contribution in [0.5, 0.6) is 0 Å². The number of aromatic nitrogens is 1. The fourth-order valence-corrected chi connectivity index (χ4v) is 1.89. The van der Waals surface area contributed by atoms with Crippen molar-refractivity contribution in [1.82, 2.24) is 4.57 Å². The molecule has 1 aromatic carbocycles. The fraction of sp³-hybridized carbons (Fsp3) is 0.267. The van der Waals surface area contributed by atoms with E-state index in [1.54, 1.807) is 10.6 Å². The molecule has 0 unspecified atom stereocenters. The van der Waals surface area contributed by atoms with Gasteiger partial charge in [-0.15, -0.1) is 0 Å². The third-order valence-electron chi connectivity index (χ3n) is 3.07. The van der Waals surface area contributed by atoms with Gasteiger partial charge in [-0.05, 0) is 31.0 Å². The van der Waals surface area contributed by atoms with Gasteiger partial charge in [0.15, 0.2) is 0 Å². The smallest absolute Gasteiger partial charge is 0.250 e. The number of nitrogens with one attached hydrogen (secondary N) is 1. The van der Waals surface area contributed by atoms with Gasteiger partial charge in [0.25, 0.3) is 5.56 Å². The number of rotatable bonds is 4. The predicted molar refractivity (Wildman–Crippen MR) is 74.9 cm³/mol. The Bertz CT molecular complexity index is 587. The molecule has 0 spiro atoms. The van der Waals surface area contributed by atoms with Gasteiger partial charge in [0, 0.05) is 25.4 Å². The van der Waals surface area contributed by atoms with E-state index in [9.17, 15) is 4.79 Å². The molecule has 0 bridgehead atoms. The first-order valence-corrected chi connectivity index (χ1v) is 6.19. The van der Waals surface area contributed by atoms with Gasteiger partial charge < -0.3 is 9.88 Å². The topological polar surface area (TPSA) is 34.0 Å². The molecule has 2 rings (SSSR count). The summed E-state index contributed by atoms with van der Waals surface area (Å²) in [7, 11) is 0. The summed E-state index contributed by atoms with van der Waals surface area (Å²) in [5.74, 6) is 0. The Morgan fingerprint density at radius 1 is 1.17 bits per heavy atom. The lowest BCUT2D eigenvalue weighted by Gasteiger charge is -2.10. The molecule has 94 valence electrons. The zero-order valence-corrected chi connectivity index (χ0v) is 10.8. The lowest BCUT2D eigenvalue weighted by Crippen LogP contribution is -2.17. The van der Waals surface area contributed by atoms with E-state index < -0.39 is 0 Å². The summed E-state index contributed by atoms with van der Waals surface area (Å²) in [5.41, 5.74) is 3.55. The van der Waals surface area contributed by atoms with Crippen molar-refractivity contribution in [3.05, 3.63) is 64.1 Å². The summed E-state index contributed by atoms with van der Waals surface area (Å²) >= 11 is 0. The number of nitrogens with zero attached hydrogens (tertiary/aromatic N) is 1. The number of benzene rings is 1. The van der Waals surface area contributed by atoms with Crippen molar-refractivity contribution in [3.8, 4) is 0 Å². The molecule has 18 heavy (non-hydrogen) atoms. The van der Waals surface area contributed by atoms with Gasteiger partial charge in [0.05, 0.1) is 5.69 Å². The number of pyridine rings is 1. The molecule has 0 radical (unpaired) electrons. The van der Waals surface area contributed by atoms with Gasteiger partial charge >= 0.3 is 0 Å². The van der Waals surface area contributed by atoms with Crippen LogP contribution in [-0.2, 0) is 13.1 Å². The summed E-state index contributed by atoms with van der Waals surface area (Å²) in [6, 6.07) is 11.7. The molecule has 0 aliphatic rings. The molecular formula is C15H18N2O. The third-order valence-corrected chi connectivity index (χ3v) is 3.07. The molecule has 0 saturated heterocycles. The minimum absolute atomic E-state index is 0.0407. The monoisotopic (exact) mass is 242 g/mol. The van der Waals surface area contributed by atoms with E-state index in [1.165, 1.54) is 11.1 Å². The van der Waals surface area contributed by atoms with Gasteiger partial charge in [-0.25, -0.2) is 0 Å². The molecule has 0 aliphatic carbocycles. The van der Waals surface area contributed by atoms with Crippen LogP contribution in [0.15, 0.2) is 47.4 Å². The van der Waals surface area contributed by atoms with Crippen LogP contribution in [-0.4, -0.2) is 4.57 Å². The molecule has 0 aliphatic heterocycles. The van der Waals surface area contributed by atoms with Gasteiger partial charge in [0.1, 0.15) is 0 Å². The molecule has 0 fully saturated rings. The maximum absolute atomic E-state index is 11.5. The summed E-state index contributed by atoms with van der Waals surface area (Å²) in [6.45, 7) is 5.53. The second-order valence-corrected chi connectivity index (χ2v) is 4.32. The molecule has 0 atom stereocenters. The average Bonchev–Trinajstić information content (AvgIpc) is 2.39. The van der Waals surface area contributed by atoms with Gasteiger partial charge in [-0.1, -0.05) is 24.3 Å². The SMILES string of the molecule is CCn1cc(NCc2ccccc2C)ccc1=O. The van der Waals surface area contributed by atoms with Crippen molar-refractivity contribution < 1.29 is 0 Å². The van der Waals surface area contributed by atoms with E-state index in [4.69, 9.17) is 0 Å². The Morgan fingerprint density at radius 3 is 2.67 bits per heavy atom. The van der Waals surface area contributed by atoms with Crippen LogP contribution < -0.4 is 10.9 Å². The molecule has 3 nitrogen and oxygen atoms in total. The predicted octanol–water partition coefficient (Wildman–Crippen LogP) is 2.79. The highest BCUT2D eigenvalue weighted by Gasteiger charge is 1.99. The third kappa shape index (κ3) is 2.80. The maximum Gasteiger partial charge on any atom is 0.250 e. The van der Waals surface area contributed by atoms with Crippen LogP contribution in [0, 0.1) is 6.92 Å². The van der Waals surface area contributed by atoms with Crippen molar-refractivity contribution in [3.63, 3.8) is 0 Å². The Hall–Kier alpha value is -2.03. The highest BCUT2D eigenvalue weighted by atomic mass is 16.1. The van der Waals surface area contributed by atoms with Crippen LogP contribution >= 0.6 is 0 Å². The van der Waals surface area contributed by atoms with Gasteiger partial charge in [-0.3, -0.25) is 4.79 Å². The molecule has 1 heterocycles. The molecule has 1 N–H and O–H groups in total. The van der Waals surface area contributed by atoms with Gasteiger partial charge in [-0.2, -0.15) is 0 Å². The standard InChI is InChI=1S/C15H18N2O/c1-3-17-11-14(8-9-15(17)18)16-10-13-7-5-4-6-12(13)2/h4-9,11,16H,3,10H2,1-2H3. The summed E-state index contributed by atoms with van der Waals surface area (Å²) < 4.78 is 1.69. The highest BCUT2D eigenvalue weighted by Crippen LogP contribution is 2.10. The van der Waals surface area contributed by atoms with Crippen molar-refractivity contribution in [2.45, 2.75) is 26.9 Å². The average molecular weight is 242 g/mol. The number of hydrogen-bond acceptors (Lipinski definition) is 2. The fourth-order valence-electron chi connectivity index (χ4n) is 1.89. The van der Waals surface area contributed by atoms with Crippen molar-refractivity contribution in [2.75, 3.05) is 5.32 Å². The molecule has 2 aromatic rings. The molecule has 0 amide bonds. The molecule has 1 aromatic heterocycles. The largest absolute Gasteiger partial charge is 0.380 e. The highest BCUT2D eigenvalue weighted by molar-refractivity contribution is 5.42. The van der Waals surface area contributed by atoms with E-state index in [0.717, 1.165) is 12.2 Å². The Balaban J connectivity index is 2.11. The second-order valence-electron chi connectivity index (χ2n) is 4.32. The van der Waals surface area contributed by atoms with E-state index in [0.29, 0.717) is 6.54 Å². The van der Waals surface area contributed by atoms with Crippen molar-refractivity contribution in [2.24, 2.45) is 0 Å². The lowest BCUT2D eigenvalue weighted by molar-refractivity contribution is 0.727. The van der Waals surface area contributed by atoms with Crippen LogP contribution in [0.25, 0.3) is 0 Å². The van der Waals surface area contributed by atoms with E-state index >= 15 is 0 Å². The van der Waals surface area contributed by atoms with Gasteiger partial charge in [0.2, 0.25) is 0 Å². The summed E-state index contributed by atoms with van der Waals surface area (Å²) in [6.07, 6.45) is 1.86. The normalized spacial score (nSPS) is 10.3. The second kappa shape index (κ2) is 5.54. The summed E-state index contributed by atoms with van der Waals surface area (Å²) in [5, 5.41) is 3.34. The molecule has 3 heteroatoms. The summed E-state index contributed by atoms with van der Waals surface area (Å²) in [4.78, 5) is 11.5. The van der Waals surface area contributed by atoms with Crippen molar-refractivity contribution in [1.29, 1.82) is 0 Å².